The van der Waals surface area contributed by atoms with Crippen LogP contribution in [-0.2, 0) is 11.3 Å². The second-order valence-electron chi connectivity index (χ2n) is 7.85. The van der Waals surface area contributed by atoms with E-state index in [0.717, 1.165) is 21.5 Å². The van der Waals surface area contributed by atoms with Gasteiger partial charge in [0.2, 0.25) is 5.44 Å². The molecule has 7 nitrogen and oxygen atoms in total. The zero-order valence-corrected chi connectivity index (χ0v) is 23.4. The molecule has 4 aromatic carbocycles. The molecule has 0 aliphatic carbocycles. The Morgan fingerprint density at radius 1 is 0.667 bits per heavy atom. The third kappa shape index (κ3) is 8.77. The Morgan fingerprint density at radius 2 is 1.00 bits per heavy atom. The minimum atomic E-state index is -4.94. The zero-order valence-electron chi connectivity index (χ0n) is 20.3. The van der Waals surface area contributed by atoms with E-state index in [4.69, 9.17) is 46.6 Å². The van der Waals surface area contributed by atoms with Crippen molar-refractivity contribution in [3.63, 3.8) is 0 Å². The normalized spacial score (nSPS) is 11.0. The molecule has 0 atom stereocenters. The molecule has 0 aromatic heterocycles. The summed E-state index contributed by atoms with van der Waals surface area (Å²) in [6, 6.07) is 39.5. The van der Waals surface area contributed by atoms with Crippen molar-refractivity contribution >= 4 is 52.5 Å². The van der Waals surface area contributed by atoms with Gasteiger partial charge in [-0.2, -0.15) is 0 Å². The quantitative estimate of drug-likeness (QED) is 0.319. The van der Waals surface area contributed by atoms with E-state index < -0.39 is 23.6 Å². The number of halogens is 3. The molecular formula is C28H23Cl3NO6P. The smallest absolute Gasteiger partial charge is 0.414 e. The Labute approximate surface area is 239 Å². The molecule has 39 heavy (non-hydrogen) atoms. The van der Waals surface area contributed by atoms with Crippen LogP contribution in [0.5, 0.6) is 0 Å². The fourth-order valence-corrected chi connectivity index (χ4v) is 8.80. The molecule has 0 fully saturated rings. The average Bonchev–Trinajstić information content (AvgIpc) is 2.93. The van der Waals surface area contributed by atoms with E-state index in [2.05, 4.69) is 5.32 Å². The molecular weight excluding hydrogens is 584 g/mol. The number of carbonyl (C=O) groups excluding carboxylic acids is 1. The first-order valence-corrected chi connectivity index (χ1v) is 15.1. The first-order chi connectivity index (χ1) is 18.6. The van der Waals surface area contributed by atoms with Crippen molar-refractivity contribution in [3.8, 4) is 0 Å². The van der Waals surface area contributed by atoms with Gasteiger partial charge in [0, 0.05) is 0 Å². The van der Waals surface area contributed by atoms with Crippen molar-refractivity contribution in [1.82, 2.24) is 5.32 Å². The highest BCUT2D eigenvalue weighted by Gasteiger charge is 2.52. The molecule has 1 N–H and O–H groups in total. The summed E-state index contributed by atoms with van der Waals surface area (Å²) in [5.41, 5.74) is 1.31. The second kappa shape index (κ2) is 14.4. The highest BCUT2D eigenvalue weighted by atomic mass is 35.7. The van der Waals surface area contributed by atoms with Crippen molar-refractivity contribution in [2.75, 3.05) is 0 Å². The summed E-state index contributed by atoms with van der Waals surface area (Å²) < 4.78 is 39.5. The maximum absolute atomic E-state index is 13.0. The number of rotatable bonds is 7. The van der Waals surface area contributed by atoms with Gasteiger partial charge in [0.1, 0.15) is 22.5 Å². The van der Waals surface area contributed by atoms with Gasteiger partial charge >= 0.3 is 6.09 Å². The molecule has 4 rings (SSSR count). The van der Waals surface area contributed by atoms with Gasteiger partial charge in [-0.3, -0.25) is 5.32 Å². The fourth-order valence-electron chi connectivity index (χ4n) is 3.90. The summed E-state index contributed by atoms with van der Waals surface area (Å²) in [7, 11) is -7.61. The summed E-state index contributed by atoms with van der Waals surface area (Å²) in [5.74, 6) is 0. The van der Waals surface area contributed by atoms with Crippen LogP contribution >= 0.6 is 30.5 Å². The van der Waals surface area contributed by atoms with Crippen LogP contribution < -0.4 is 39.9 Å². The summed E-state index contributed by atoms with van der Waals surface area (Å²) in [5, 5.41) is 5.94. The molecule has 11 heteroatoms. The zero-order chi connectivity index (χ0) is 28.3. The largest absolute Gasteiger partial charge is 0.444 e. The van der Waals surface area contributed by atoms with Gasteiger partial charge < -0.3 is 4.74 Å². The van der Waals surface area contributed by atoms with Crippen LogP contribution in [0.25, 0.3) is 0 Å². The molecule has 0 bridgehead atoms. The molecule has 0 saturated carbocycles. The number of hydrogen-bond acceptors (Lipinski definition) is 6. The van der Waals surface area contributed by atoms with Gasteiger partial charge in [0.15, 0.2) is 11.8 Å². The number of hydrogen-bond donors (Lipinski definition) is 1. The molecule has 4 aromatic rings. The third-order valence-electron chi connectivity index (χ3n) is 5.38. The predicted octanol–water partition coefficient (Wildman–Crippen LogP) is 1.76. The summed E-state index contributed by atoms with van der Waals surface area (Å²) in [4.78, 5) is 13.0. The SMILES string of the molecule is O=C(NC(=C(Cl)Cl)[P+](c1ccccc1)(c1ccccc1)c1ccccc1)OCc1ccccc1.[O-][Cl+3]([O-])([O-])[O-]. The van der Waals surface area contributed by atoms with Crippen LogP contribution in [0.1, 0.15) is 5.56 Å². The van der Waals surface area contributed by atoms with E-state index in [9.17, 15) is 4.79 Å². The first-order valence-electron chi connectivity index (χ1n) is 11.3. The van der Waals surface area contributed by atoms with Crippen LogP contribution in [0.2, 0.25) is 0 Å². The van der Waals surface area contributed by atoms with Gasteiger partial charge in [0.25, 0.3) is 0 Å². The lowest BCUT2D eigenvalue weighted by Crippen LogP contribution is -2.68. The number of carbonyl (C=O) groups is 1. The van der Waals surface area contributed by atoms with Crippen LogP contribution in [0.3, 0.4) is 0 Å². The van der Waals surface area contributed by atoms with Crippen molar-refractivity contribution in [3.05, 3.63) is 137 Å². The maximum atomic E-state index is 13.0. The predicted molar refractivity (Wildman–Crippen MR) is 144 cm³/mol. The van der Waals surface area contributed by atoms with Gasteiger partial charge in [-0.15, -0.1) is 10.2 Å². The Morgan fingerprint density at radius 3 is 1.33 bits per heavy atom. The van der Waals surface area contributed by atoms with E-state index in [1.807, 2.05) is 121 Å². The molecule has 1 amide bonds. The summed E-state index contributed by atoms with van der Waals surface area (Å²) in [6.07, 6.45) is -0.621. The molecule has 0 heterocycles. The highest BCUT2D eigenvalue weighted by molar-refractivity contribution is 7.99. The summed E-state index contributed by atoms with van der Waals surface area (Å²) in [6.45, 7) is 0.132. The molecule has 0 aliphatic heterocycles. The fraction of sp³-hybridized carbons (Fsp3) is 0.0357. The standard InChI is InChI=1S/C28H22Cl2NO2P.ClHO4/c29-26(30)27(31-28(32)33-21-22-13-5-1-6-14-22)34(23-15-7-2-8-16-23,24-17-9-3-10-18-24)25-19-11-4-12-20-25;2-1(3,4)5/h1-20H,21H2;(H,2,3,4,5). The monoisotopic (exact) mass is 605 g/mol. The number of nitrogens with one attached hydrogen (secondary N) is 1. The van der Waals surface area contributed by atoms with Crippen LogP contribution in [0, 0.1) is 10.2 Å². The van der Waals surface area contributed by atoms with Gasteiger partial charge in [0.05, 0.1) is 0 Å². The van der Waals surface area contributed by atoms with Crippen molar-refractivity contribution in [1.29, 1.82) is 0 Å². The average molecular weight is 607 g/mol. The van der Waals surface area contributed by atoms with E-state index >= 15 is 0 Å². The molecule has 0 radical (unpaired) electrons. The van der Waals surface area contributed by atoms with Crippen LogP contribution in [0.15, 0.2) is 131 Å². The van der Waals surface area contributed by atoms with Crippen molar-refractivity contribution in [2.24, 2.45) is 0 Å². The molecule has 0 unspecified atom stereocenters. The Balaban J connectivity index is 0.000000771. The van der Waals surface area contributed by atoms with E-state index in [-0.39, 0.29) is 11.1 Å². The lowest BCUT2D eigenvalue weighted by molar-refractivity contribution is -2.00. The molecule has 0 aliphatic rings. The Kier molecular flexibility index (Phi) is 11.3. The van der Waals surface area contributed by atoms with E-state index in [1.165, 1.54) is 0 Å². The van der Waals surface area contributed by atoms with Gasteiger partial charge in [-0.1, -0.05) is 108 Å². The van der Waals surface area contributed by atoms with Crippen molar-refractivity contribution in [2.45, 2.75) is 6.61 Å². The van der Waals surface area contributed by atoms with E-state index in [1.54, 1.807) is 0 Å². The topological polar surface area (TPSA) is 131 Å². The number of ether oxygens (including phenoxy) is 1. The van der Waals surface area contributed by atoms with Gasteiger partial charge in [-0.25, -0.2) is 23.4 Å². The minimum absolute atomic E-state index is 0.0125. The van der Waals surface area contributed by atoms with Gasteiger partial charge in [-0.05, 0) is 42.0 Å². The Hall–Kier alpha value is -2.97. The third-order valence-corrected chi connectivity index (χ3v) is 10.2. The summed E-state index contributed by atoms with van der Waals surface area (Å²) >= 11 is 13.1. The lowest BCUT2D eigenvalue weighted by Gasteiger charge is -2.29. The second-order valence-corrected chi connectivity index (χ2v) is 12.9. The Bertz CT molecular complexity index is 1250. The van der Waals surface area contributed by atoms with Crippen LogP contribution in [-0.4, -0.2) is 6.09 Å². The van der Waals surface area contributed by atoms with Crippen LogP contribution in [0.4, 0.5) is 4.79 Å². The molecule has 0 saturated heterocycles. The number of alkyl carbamates (subject to hydrolysis) is 1. The maximum Gasteiger partial charge on any atom is 0.414 e. The highest BCUT2D eigenvalue weighted by Crippen LogP contribution is 2.63. The number of benzene rings is 4. The number of amides is 1. The lowest BCUT2D eigenvalue weighted by atomic mass is 10.2. The first kappa shape index (κ1) is 30.6. The minimum Gasteiger partial charge on any atom is -0.444 e. The molecule has 0 spiro atoms. The van der Waals surface area contributed by atoms with E-state index in [0.29, 0.717) is 5.44 Å². The van der Waals surface area contributed by atoms with Crippen molar-refractivity contribution < 1.29 is 38.4 Å². The molecule has 202 valence electrons.